The Kier molecular flexibility index (Phi) is 4.50. The van der Waals surface area contributed by atoms with Crippen LogP contribution >= 0.6 is 0 Å². The largest absolute Gasteiger partial charge is 0.387 e. The highest BCUT2D eigenvalue weighted by atomic mass is 16.6. The van der Waals surface area contributed by atoms with E-state index in [1.54, 1.807) is 0 Å². The van der Waals surface area contributed by atoms with E-state index in [4.69, 9.17) is 9.47 Å². The Hall–Kier alpha value is -0.640. The molecule has 1 fully saturated rings. The van der Waals surface area contributed by atoms with Crippen molar-refractivity contribution in [3.63, 3.8) is 0 Å². The van der Waals surface area contributed by atoms with Gasteiger partial charge in [-0.25, -0.2) is 0 Å². The van der Waals surface area contributed by atoms with E-state index in [1.165, 1.54) is 11.1 Å². The van der Waals surface area contributed by atoms with Gasteiger partial charge in [-0.1, -0.05) is 31.6 Å². The lowest BCUT2D eigenvalue weighted by Gasteiger charge is -2.30. The Morgan fingerprint density at radius 1 is 1.30 bits per heavy atom. The summed E-state index contributed by atoms with van der Waals surface area (Å²) in [5.41, 5.74) is 1.86. The summed E-state index contributed by atoms with van der Waals surface area (Å²) in [6.07, 6.45) is 9.38. The average Bonchev–Trinajstić information content (AvgIpc) is 2.88. The highest BCUT2D eigenvalue weighted by Gasteiger charge is 2.54. The zero-order valence-corrected chi connectivity index (χ0v) is 15.3. The minimum Gasteiger partial charge on any atom is -0.387 e. The first-order valence-electron chi connectivity index (χ1n) is 9.14. The lowest BCUT2D eigenvalue weighted by molar-refractivity contribution is -0.0906. The molecule has 3 heterocycles. The summed E-state index contributed by atoms with van der Waals surface area (Å²) >= 11 is 0. The molecule has 2 bridgehead atoms. The summed E-state index contributed by atoms with van der Waals surface area (Å²) in [5.74, 6) is 0.441. The Morgan fingerprint density at radius 2 is 2.04 bits per heavy atom. The summed E-state index contributed by atoms with van der Waals surface area (Å²) in [5, 5.41) is 10.9. The highest BCUT2D eigenvalue weighted by Crippen LogP contribution is 2.47. The van der Waals surface area contributed by atoms with Crippen molar-refractivity contribution >= 4 is 0 Å². The number of allylic oxidation sites excluding steroid dienone is 2. The van der Waals surface area contributed by atoms with Crippen molar-refractivity contribution in [3.05, 3.63) is 23.3 Å². The van der Waals surface area contributed by atoms with Gasteiger partial charge in [0, 0.05) is 6.42 Å². The first-order chi connectivity index (χ1) is 10.7. The van der Waals surface area contributed by atoms with Gasteiger partial charge in [0.05, 0.1) is 23.4 Å². The molecule has 3 aliphatic heterocycles. The van der Waals surface area contributed by atoms with Gasteiger partial charge in [0.2, 0.25) is 0 Å². The minimum absolute atomic E-state index is 0.0618. The number of ether oxygens (including phenoxy) is 2. The molecular formula is C20H32O3. The third kappa shape index (κ3) is 3.57. The molecule has 0 aromatic heterocycles. The fraction of sp³-hybridized carbons (Fsp3) is 0.800. The second-order valence-corrected chi connectivity index (χ2v) is 8.47. The molecule has 3 aliphatic rings. The third-order valence-corrected chi connectivity index (χ3v) is 5.88. The monoisotopic (exact) mass is 320 g/mol. The van der Waals surface area contributed by atoms with Crippen molar-refractivity contribution in [1.29, 1.82) is 0 Å². The van der Waals surface area contributed by atoms with Crippen molar-refractivity contribution in [1.82, 2.24) is 0 Å². The van der Waals surface area contributed by atoms with Crippen LogP contribution in [0.3, 0.4) is 0 Å². The molecule has 0 aliphatic carbocycles. The quantitative estimate of drug-likeness (QED) is 0.583. The summed E-state index contributed by atoms with van der Waals surface area (Å²) in [6, 6.07) is 0. The molecular weight excluding hydrogens is 288 g/mol. The first kappa shape index (κ1) is 17.2. The minimum atomic E-state index is -0.815. The second-order valence-electron chi connectivity index (χ2n) is 8.47. The average molecular weight is 320 g/mol. The van der Waals surface area contributed by atoms with Crippen LogP contribution in [-0.4, -0.2) is 34.6 Å². The zero-order chi connectivity index (χ0) is 16.8. The van der Waals surface area contributed by atoms with Gasteiger partial charge >= 0.3 is 0 Å². The molecule has 3 heteroatoms. The number of fused-ring (bicyclic) bond motifs is 3. The van der Waals surface area contributed by atoms with E-state index in [0.717, 1.165) is 32.1 Å². The topological polar surface area (TPSA) is 42.0 Å². The van der Waals surface area contributed by atoms with Crippen molar-refractivity contribution in [3.8, 4) is 0 Å². The van der Waals surface area contributed by atoms with Gasteiger partial charge in [-0.3, -0.25) is 0 Å². The van der Waals surface area contributed by atoms with E-state index in [2.05, 4.69) is 39.8 Å². The molecule has 130 valence electrons. The van der Waals surface area contributed by atoms with Crippen LogP contribution in [-0.2, 0) is 9.47 Å². The van der Waals surface area contributed by atoms with Crippen molar-refractivity contribution in [2.75, 3.05) is 0 Å². The number of rotatable bonds is 1. The summed E-state index contributed by atoms with van der Waals surface area (Å²) in [6.45, 7) is 10.7. The number of hydrogen-bond donors (Lipinski definition) is 1. The van der Waals surface area contributed by atoms with Crippen molar-refractivity contribution < 1.29 is 14.6 Å². The first-order valence-corrected chi connectivity index (χ1v) is 9.14. The van der Waals surface area contributed by atoms with E-state index in [0.29, 0.717) is 12.0 Å². The molecule has 3 rings (SSSR count). The molecule has 23 heavy (non-hydrogen) atoms. The van der Waals surface area contributed by atoms with Gasteiger partial charge in [0.25, 0.3) is 0 Å². The lowest BCUT2D eigenvalue weighted by Crippen LogP contribution is -2.39. The number of aliphatic hydroxyl groups is 1. The van der Waals surface area contributed by atoms with Crippen molar-refractivity contribution in [2.45, 2.75) is 96.2 Å². The Labute approximate surface area is 140 Å². The lowest BCUT2D eigenvalue weighted by atomic mass is 9.87. The maximum atomic E-state index is 10.9. The fourth-order valence-corrected chi connectivity index (χ4v) is 4.05. The van der Waals surface area contributed by atoms with E-state index >= 15 is 0 Å². The van der Waals surface area contributed by atoms with Crippen LogP contribution in [0.15, 0.2) is 23.3 Å². The summed E-state index contributed by atoms with van der Waals surface area (Å²) in [4.78, 5) is 0. The van der Waals surface area contributed by atoms with E-state index < -0.39 is 5.60 Å². The van der Waals surface area contributed by atoms with Crippen LogP contribution in [0.1, 0.15) is 66.7 Å². The summed E-state index contributed by atoms with van der Waals surface area (Å²) < 4.78 is 12.3. The van der Waals surface area contributed by atoms with Gasteiger partial charge in [0.15, 0.2) is 0 Å². The molecule has 0 spiro atoms. The van der Waals surface area contributed by atoms with E-state index in [9.17, 15) is 5.11 Å². The van der Waals surface area contributed by atoms with Gasteiger partial charge in [-0.05, 0) is 57.9 Å². The molecule has 1 saturated heterocycles. The maximum absolute atomic E-state index is 10.9. The van der Waals surface area contributed by atoms with Crippen LogP contribution < -0.4 is 0 Å². The molecule has 0 aromatic rings. The van der Waals surface area contributed by atoms with Crippen LogP contribution in [0.4, 0.5) is 0 Å². The summed E-state index contributed by atoms with van der Waals surface area (Å²) in [7, 11) is 0. The van der Waals surface area contributed by atoms with Crippen LogP contribution in [0.2, 0.25) is 0 Å². The van der Waals surface area contributed by atoms with Crippen LogP contribution in [0.5, 0.6) is 0 Å². The second kappa shape index (κ2) is 6.02. The normalized spacial score (nSPS) is 46.8. The molecule has 0 amide bonds. The van der Waals surface area contributed by atoms with Gasteiger partial charge < -0.3 is 14.6 Å². The van der Waals surface area contributed by atoms with Gasteiger partial charge in [0.1, 0.15) is 6.10 Å². The molecule has 0 radical (unpaired) electrons. The highest BCUT2D eigenvalue weighted by molar-refractivity contribution is 5.24. The number of hydrogen-bond acceptors (Lipinski definition) is 3. The van der Waals surface area contributed by atoms with Crippen LogP contribution in [0, 0.1) is 5.92 Å². The molecule has 5 atom stereocenters. The smallest absolute Gasteiger partial charge is 0.105 e. The molecule has 3 nitrogen and oxygen atoms in total. The van der Waals surface area contributed by atoms with E-state index in [-0.39, 0.29) is 17.8 Å². The third-order valence-electron chi connectivity index (χ3n) is 5.88. The number of epoxide rings is 1. The molecule has 0 saturated carbocycles. The molecule has 1 N–H and O–H groups in total. The van der Waals surface area contributed by atoms with Crippen LogP contribution in [0.25, 0.3) is 0 Å². The fourth-order valence-electron chi connectivity index (χ4n) is 4.05. The predicted octanol–water partition coefficient (Wildman–Crippen LogP) is 4.16. The zero-order valence-electron chi connectivity index (χ0n) is 15.3. The molecule has 0 unspecified atom stereocenters. The van der Waals surface area contributed by atoms with Gasteiger partial charge in [-0.15, -0.1) is 0 Å². The standard InChI is InChI=1S/C20H32O3/c1-13(2)15-11-18-19(4,21)10-6-7-14(3)8-9-17-20(5,23-17)12-16(15)22-18/h7,11,13,16-18,21H,6,8-10,12H2,1-5H3/b14-7+/t16-,17+,18+,19+,20+/m1/s1. The predicted molar refractivity (Wildman–Crippen MR) is 92.3 cm³/mol. The maximum Gasteiger partial charge on any atom is 0.105 e. The molecule has 0 aromatic carbocycles. The Bertz CT molecular complexity index is 517. The SMILES string of the molecule is C/C1=C\CC[C@](C)(O)[C@@H]2C=C(C(C)C)[C@@H](C[C@]3(C)O[C@H]3CC1)O2. The van der Waals surface area contributed by atoms with E-state index in [1.807, 2.05) is 6.92 Å². The Morgan fingerprint density at radius 3 is 2.74 bits per heavy atom. The van der Waals surface area contributed by atoms with Crippen molar-refractivity contribution in [2.24, 2.45) is 5.92 Å². The Balaban J connectivity index is 1.85. The van der Waals surface area contributed by atoms with Gasteiger partial charge in [-0.2, -0.15) is 0 Å².